The van der Waals surface area contributed by atoms with Crippen molar-refractivity contribution in [3.05, 3.63) is 89.7 Å². The summed E-state index contributed by atoms with van der Waals surface area (Å²) >= 11 is 6.12. The smallest absolute Gasteiger partial charge is 0.0737 e. The van der Waals surface area contributed by atoms with Gasteiger partial charge in [-0.1, -0.05) is 41.9 Å². The average molecular weight is 443 g/mol. The fraction of sp³-hybridized carbons (Fsp3) is 0.259. The van der Waals surface area contributed by atoms with Gasteiger partial charge in [0.15, 0.2) is 0 Å². The third kappa shape index (κ3) is 4.93. The zero-order chi connectivity index (χ0) is 21.8. The van der Waals surface area contributed by atoms with Gasteiger partial charge in [-0.05, 0) is 67.6 Å². The Morgan fingerprint density at radius 2 is 1.62 bits per heavy atom. The molecular weight excluding hydrogens is 416 g/mol. The zero-order valence-electron chi connectivity index (χ0n) is 18.0. The topological polar surface area (TPSA) is 49.8 Å². The first-order chi connectivity index (χ1) is 15.7. The van der Waals surface area contributed by atoms with Gasteiger partial charge in [0.2, 0.25) is 0 Å². The van der Waals surface area contributed by atoms with Crippen LogP contribution in [0, 0.1) is 0 Å². The lowest BCUT2D eigenvalue weighted by atomic mass is 9.90. The van der Waals surface area contributed by atoms with Crippen LogP contribution in [-0.4, -0.2) is 22.1 Å². The highest BCUT2D eigenvalue weighted by atomic mass is 35.5. The molecule has 2 aromatic heterocycles. The van der Waals surface area contributed by atoms with Gasteiger partial charge in [-0.3, -0.25) is 9.97 Å². The van der Waals surface area contributed by atoms with E-state index in [0.29, 0.717) is 12.1 Å². The number of hydrogen-bond acceptors (Lipinski definition) is 4. The van der Waals surface area contributed by atoms with Gasteiger partial charge in [-0.2, -0.15) is 0 Å². The van der Waals surface area contributed by atoms with E-state index in [1.165, 1.54) is 18.4 Å². The summed E-state index contributed by atoms with van der Waals surface area (Å²) in [5, 5.41) is 9.35. The quantitative estimate of drug-likeness (QED) is 0.359. The van der Waals surface area contributed by atoms with Gasteiger partial charge in [0, 0.05) is 52.7 Å². The number of fused-ring (bicyclic) bond motifs is 1. The molecule has 4 nitrogen and oxygen atoms in total. The van der Waals surface area contributed by atoms with Gasteiger partial charge in [0.25, 0.3) is 0 Å². The predicted molar refractivity (Wildman–Crippen MR) is 133 cm³/mol. The maximum absolute atomic E-state index is 6.12. The van der Waals surface area contributed by atoms with Crippen LogP contribution in [0.3, 0.4) is 0 Å². The molecule has 0 unspecified atom stereocenters. The van der Waals surface area contributed by atoms with Crippen molar-refractivity contribution < 1.29 is 0 Å². The van der Waals surface area contributed by atoms with Crippen LogP contribution in [0.5, 0.6) is 0 Å². The molecule has 162 valence electrons. The Morgan fingerprint density at radius 3 is 2.41 bits per heavy atom. The Hall–Kier alpha value is -2.95. The monoisotopic (exact) mass is 442 g/mol. The summed E-state index contributed by atoms with van der Waals surface area (Å²) in [5.41, 5.74) is 5.57. The van der Waals surface area contributed by atoms with Crippen molar-refractivity contribution in [3.8, 4) is 11.3 Å². The fourth-order valence-electron chi connectivity index (χ4n) is 4.50. The first kappa shape index (κ1) is 20.9. The first-order valence-corrected chi connectivity index (χ1v) is 11.7. The minimum atomic E-state index is 0.493. The number of pyridine rings is 2. The molecule has 2 heterocycles. The van der Waals surface area contributed by atoms with E-state index in [0.717, 1.165) is 52.3 Å². The molecular formula is C27H27ClN4. The number of aromatic nitrogens is 2. The molecule has 4 aromatic rings. The number of anilines is 1. The lowest BCUT2D eigenvalue weighted by molar-refractivity contribution is 0.353. The third-order valence-corrected chi connectivity index (χ3v) is 6.54. The van der Waals surface area contributed by atoms with Crippen molar-refractivity contribution in [2.24, 2.45) is 0 Å². The van der Waals surface area contributed by atoms with Crippen LogP contribution < -0.4 is 10.6 Å². The van der Waals surface area contributed by atoms with Gasteiger partial charge in [-0.25, -0.2) is 0 Å². The number of nitrogens with zero attached hydrogens (tertiary/aromatic N) is 2. The number of rotatable bonds is 6. The summed E-state index contributed by atoms with van der Waals surface area (Å²) in [6.45, 7) is 0.904. The molecule has 1 aliphatic rings. The highest BCUT2D eigenvalue weighted by molar-refractivity contribution is 6.31. The maximum atomic E-state index is 6.12. The van der Waals surface area contributed by atoms with Crippen LogP contribution in [0.2, 0.25) is 5.02 Å². The molecule has 0 saturated heterocycles. The molecule has 1 saturated carbocycles. The van der Waals surface area contributed by atoms with Crippen LogP contribution in [-0.2, 0) is 6.54 Å². The average Bonchev–Trinajstić information content (AvgIpc) is 2.84. The van der Waals surface area contributed by atoms with E-state index in [2.05, 4.69) is 57.0 Å². The zero-order valence-corrected chi connectivity index (χ0v) is 18.7. The predicted octanol–water partition coefficient (Wildman–Crippen LogP) is 6.46. The van der Waals surface area contributed by atoms with Crippen molar-refractivity contribution in [1.82, 2.24) is 15.3 Å². The van der Waals surface area contributed by atoms with Gasteiger partial charge in [0.1, 0.15) is 0 Å². The molecule has 5 rings (SSSR count). The molecule has 1 fully saturated rings. The highest BCUT2D eigenvalue weighted by Crippen LogP contribution is 2.28. The normalized spacial score (nSPS) is 18.5. The lowest BCUT2D eigenvalue weighted by Gasteiger charge is -2.30. The number of halogens is 1. The Balaban J connectivity index is 1.12. The van der Waals surface area contributed by atoms with Gasteiger partial charge in [-0.15, -0.1) is 0 Å². The fourth-order valence-corrected chi connectivity index (χ4v) is 4.66. The van der Waals surface area contributed by atoms with Crippen LogP contribution >= 0.6 is 11.6 Å². The standard InChI is InChI=1S/C27H27ClN4/c28-21-8-13-24-26(14-16-30-27(24)17-21)32-23-11-9-22(10-12-23)31-18-19-4-6-20(7-5-19)25-3-1-2-15-29-25/h1-8,13-17,22-23,31H,9-12,18H2,(H,30,32)/t22-,23+. The lowest BCUT2D eigenvalue weighted by Crippen LogP contribution is -2.36. The van der Waals surface area contributed by atoms with E-state index >= 15 is 0 Å². The van der Waals surface area contributed by atoms with Gasteiger partial charge >= 0.3 is 0 Å². The molecule has 0 bridgehead atoms. The van der Waals surface area contributed by atoms with E-state index in [1.807, 2.05) is 42.7 Å². The second-order valence-electron chi connectivity index (χ2n) is 8.51. The maximum Gasteiger partial charge on any atom is 0.0737 e. The molecule has 0 amide bonds. The van der Waals surface area contributed by atoms with Crippen molar-refractivity contribution in [3.63, 3.8) is 0 Å². The van der Waals surface area contributed by atoms with Crippen molar-refractivity contribution in [2.45, 2.75) is 44.3 Å². The molecule has 0 aliphatic heterocycles. The Bertz CT molecular complexity index is 1170. The second-order valence-corrected chi connectivity index (χ2v) is 8.94. The second kappa shape index (κ2) is 9.68. The van der Waals surface area contributed by atoms with E-state index in [9.17, 15) is 0 Å². The molecule has 2 N–H and O–H groups in total. The third-order valence-electron chi connectivity index (χ3n) is 6.30. The van der Waals surface area contributed by atoms with Gasteiger partial charge in [0.05, 0.1) is 11.2 Å². The summed E-state index contributed by atoms with van der Waals surface area (Å²) in [7, 11) is 0. The van der Waals surface area contributed by atoms with Crippen LogP contribution in [0.1, 0.15) is 31.2 Å². The first-order valence-electron chi connectivity index (χ1n) is 11.3. The van der Waals surface area contributed by atoms with Crippen LogP contribution in [0.25, 0.3) is 22.2 Å². The molecule has 1 aliphatic carbocycles. The minimum Gasteiger partial charge on any atom is -0.382 e. The van der Waals surface area contributed by atoms with E-state index in [-0.39, 0.29) is 0 Å². The SMILES string of the molecule is Clc1ccc2c(N[C@H]3CC[C@@H](NCc4ccc(-c5ccccn5)cc4)CC3)ccnc2c1. The van der Waals surface area contributed by atoms with E-state index in [1.54, 1.807) is 0 Å². The highest BCUT2D eigenvalue weighted by Gasteiger charge is 2.21. The molecule has 0 atom stereocenters. The Labute approximate surface area is 194 Å². The van der Waals surface area contributed by atoms with E-state index < -0.39 is 0 Å². The van der Waals surface area contributed by atoms with Crippen molar-refractivity contribution in [2.75, 3.05) is 5.32 Å². The molecule has 2 aromatic carbocycles. The molecule has 32 heavy (non-hydrogen) atoms. The van der Waals surface area contributed by atoms with Crippen molar-refractivity contribution in [1.29, 1.82) is 0 Å². The largest absolute Gasteiger partial charge is 0.382 e. The van der Waals surface area contributed by atoms with Crippen LogP contribution in [0.15, 0.2) is 79.1 Å². The molecule has 0 radical (unpaired) electrons. The minimum absolute atomic E-state index is 0.493. The summed E-state index contributed by atoms with van der Waals surface area (Å²) in [5.74, 6) is 0. The number of nitrogens with one attached hydrogen (secondary N) is 2. The Morgan fingerprint density at radius 1 is 0.812 bits per heavy atom. The summed E-state index contributed by atoms with van der Waals surface area (Å²) in [4.78, 5) is 8.87. The number of benzene rings is 2. The van der Waals surface area contributed by atoms with Crippen LogP contribution in [0.4, 0.5) is 5.69 Å². The summed E-state index contributed by atoms with van der Waals surface area (Å²) < 4.78 is 0. The molecule has 5 heteroatoms. The van der Waals surface area contributed by atoms with E-state index in [4.69, 9.17) is 11.6 Å². The number of hydrogen-bond donors (Lipinski definition) is 2. The summed E-state index contributed by atoms with van der Waals surface area (Å²) in [6, 6.07) is 23.8. The van der Waals surface area contributed by atoms with Gasteiger partial charge < -0.3 is 10.6 Å². The summed E-state index contributed by atoms with van der Waals surface area (Å²) in [6.07, 6.45) is 8.37. The van der Waals surface area contributed by atoms with Crippen molar-refractivity contribution >= 4 is 28.2 Å². The molecule has 0 spiro atoms. The Kier molecular flexibility index (Phi) is 6.33.